The molecule has 1 N–H and O–H groups in total. The van der Waals surface area contributed by atoms with E-state index in [1.165, 1.54) is 13.2 Å². The van der Waals surface area contributed by atoms with Crippen molar-refractivity contribution in [2.75, 3.05) is 26.7 Å². The summed E-state index contributed by atoms with van der Waals surface area (Å²) < 4.78 is 38.3. The predicted molar refractivity (Wildman–Crippen MR) is 96.5 cm³/mol. The Labute approximate surface area is 153 Å². The summed E-state index contributed by atoms with van der Waals surface area (Å²) in [4.78, 5) is 14.0. The molecule has 142 valence electrons. The van der Waals surface area contributed by atoms with E-state index < -0.39 is 16.0 Å². The summed E-state index contributed by atoms with van der Waals surface area (Å²) in [6, 6.07) is 1.42. The van der Waals surface area contributed by atoms with E-state index in [1.807, 2.05) is 27.7 Å². The molecule has 0 saturated carbocycles. The van der Waals surface area contributed by atoms with E-state index in [1.54, 1.807) is 5.38 Å². The molecule has 1 aliphatic rings. The normalized spacial score (nSPS) is 22.8. The number of ether oxygens (including phenoxy) is 2. The number of carbonyl (C=O) groups is 1. The average molecular weight is 391 g/mol. The molecule has 2 rings (SSSR count). The molecular weight excluding hydrogens is 364 g/mol. The highest BCUT2D eigenvalue weighted by Gasteiger charge is 2.35. The van der Waals surface area contributed by atoms with Crippen molar-refractivity contribution in [3.8, 4) is 0 Å². The van der Waals surface area contributed by atoms with Crippen LogP contribution in [0, 0.1) is 0 Å². The van der Waals surface area contributed by atoms with Gasteiger partial charge in [-0.3, -0.25) is 4.90 Å². The first-order valence-corrected chi connectivity index (χ1v) is 10.5. The van der Waals surface area contributed by atoms with Crippen molar-refractivity contribution in [3.05, 3.63) is 16.3 Å². The summed E-state index contributed by atoms with van der Waals surface area (Å²) in [5, 5.41) is 1.57. The van der Waals surface area contributed by atoms with Crippen LogP contribution in [-0.4, -0.2) is 63.8 Å². The lowest BCUT2D eigenvalue weighted by molar-refractivity contribution is -0.0945. The van der Waals surface area contributed by atoms with Gasteiger partial charge in [-0.15, -0.1) is 11.3 Å². The maximum atomic E-state index is 12.6. The Morgan fingerprint density at radius 3 is 2.56 bits per heavy atom. The molecule has 0 aromatic carbocycles. The zero-order valence-electron chi connectivity index (χ0n) is 15.2. The molecule has 25 heavy (non-hydrogen) atoms. The van der Waals surface area contributed by atoms with E-state index in [0.29, 0.717) is 0 Å². The summed E-state index contributed by atoms with van der Waals surface area (Å²) in [6.45, 7) is 9.72. The van der Waals surface area contributed by atoms with Crippen molar-refractivity contribution in [2.24, 2.45) is 0 Å². The molecule has 1 aromatic heterocycles. The van der Waals surface area contributed by atoms with Gasteiger partial charge in [0.2, 0.25) is 10.0 Å². The van der Waals surface area contributed by atoms with E-state index >= 15 is 0 Å². The molecule has 2 unspecified atom stereocenters. The van der Waals surface area contributed by atoms with Gasteiger partial charge in [0.05, 0.1) is 19.3 Å². The molecule has 0 aliphatic carbocycles. The Hall–Kier alpha value is -1.00. The molecular formula is C16H26N2O5S2. The van der Waals surface area contributed by atoms with Crippen LogP contribution in [0.5, 0.6) is 0 Å². The van der Waals surface area contributed by atoms with E-state index in [0.717, 1.165) is 24.4 Å². The largest absolute Gasteiger partial charge is 0.465 e. The van der Waals surface area contributed by atoms with Gasteiger partial charge < -0.3 is 9.47 Å². The Balaban J connectivity index is 2.11. The van der Waals surface area contributed by atoms with Crippen molar-refractivity contribution in [3.63, 3.8) is 0 Å². The van der Waals surface area contributed by atoms with E-state index in [4.69, 9.17) is 4.74 Å². The zero-order valence-corrected chi connectivity index (χ0v) is 16.9. The van der Waals surface area contributed by atoms with Crippen LogP contribution in [0.4, 0.5) is 0 Å². The maximum absolute atomic E-state index is 12.6. The Morgan fingerprint density at radius 1 is 1.40 bits per heavy atom. The summed E-state index contributed by atoms with van der Waals surface area (Å²) in [5.74, 6) is -0.648. The minimum atomic E-state index is -3.80. The molecule has 0 bridgehead atoms. The van der Waals surface area contributed by atoms with Gasteiger partial charge in [0, 0.05) is 25.2 Å². The zero-order chi connectivity index (χ0) is 18.8. The van der Waals surface area contributed by atoms with Crippen LogP contribution in [0.15, 0.2) is 16.3 Å². The topological polar surface area (TPSA) is 84.9 Å². The maximum Gasteiger partial charge on any atom is 0.349 e. The van der Waals surface area contributed by atoms with Crippen molar-refractivity contribution in [1.29, 1.82) is 0 Å². The fraction of sp³-hybridized carbons (Fsp3) is 0.688. The fourth-order valence-corrected chi connectivity index (χ4v) is 5.42. The molecule has 7 nitrogen and oxygen atoms in total. The third kappa shape index (κ3) is 4.79. The number of sulfonamides is 1. The van der Waals surface area contributed by atoms with Crippen molar-refractivity contribution < 1.29 is 22.7 Å². The van der Waals surface area contributed by atoms with Crippen LogP contribution >= 0.6 is 11.3 Å². The highest BCUT2D eigenvalue weighted by Crippen LogP contribution is 2.24. The number of morpholine rings is 1. The summed E-state index contributed by atoms with van der Waals surface area (Å²) in [7, 11) is -2.57. The van der Waals surface area contributed by atoms with Crippen LogP contribution in [0.25, 0.3) is 0 Å². The minimum Gasteiger partial charge on any atom is -0.465 e. The molecule has 1 aliphatic heterocycles. The monoisotopic (exact) mass is 390 g/mol. The smallest absolute Gasteiger partial charge is 0.349 e. The first-order chi connectivity index (χ1) is 11.6. The van der Waals surface area contributed by atoms with Gasteiger partial charge in [0.1, 0.15) is 9.77 Å². The van der Waals surface area contributed by atoms with E-state index in [2.05, 4.69) is 14.4 Å². The molecule has 1 fully saturated rings. The van der Waals surface area contributed by atoms with Gasteiger partial charge in [-0.05, 0) is 39.1 Å². The van der Waals surface area contributed by atoms with Crippen LogP contribution in [0.2, 0.25) is 0 Å². The number of rotatable bonds is 6. The molecule has 2 atom stereocenters. The third-order valence-electron chi connectivity index (χ3n) is 4.26. The number of thiophene rings is 1. The number of esters is 1. The Morgan fingerprint density at radius 2 is 2.00 bits per heavy atom. The van der Waals surface area contributed by atoms with Crippen LogP contribution in [0.1, 0.15) is 37.4 Å². The van der Waals surface area contributed by atoms with Gasteiger partial charge in [0.15, 0.2) is 0 Å². The van der Waals surface area contributed by atoms with Crippen molar-refractivity contribution in [1.82, 2.24) is 9.62 Å². The first-order valence-electron chi connectivity index (χ1n) is 8.13. The quantitative estimate of drug-likeness (QED) is 0.744. The number of nitrogens with zero attached hydrogens (tertiary/aromatic N) is 1. The van der Waals surface area contributed by atoms with Crippen molar-refractivity contribution >= 4 is 27.3 Å². The minimum absolute atomic E-state index is 0.0381. The van der Waals surface area contributed by atoms with E-state index in [9.17, 15) is 13.2 Å². The van der Waals surface area contributed by atoms with Crippen molar-refractivity contribution in [2.45, 2.75) is 50.3 Å². The van der Waals surface area contributed by atoms with Gasteiger partial charge in [-0.1, -0.05) is 0 Å². The first kappa shape index (κ1) is 20.3. The van der Waals surface area contributed by atoms with Gasteiger partial charge >= 0.3 is 5.97 Å². The van der Waals surface area contributed by atoms with Gasteiger partial charge in [0.25, 0.3) is 0 Å². The van der Waals surface area contributed by atoms with Gasteiger partial charge in [-0.2, -0.15) is 0 Å². The average Bonchev–Trinajstić information content (AvgIpc) is 3.02. The predicted octanol–water partition coefficient (Wildman–Crippen LogP) is 1.70. The molecule has 2 heterocycles. The summed E-state index contributed by atoms with van der Waals surface area (Å²) in [5.41, 5.74) is -0.388. The lowest BCUT2D eigenvalue weighted by atomic mass is 10.0. The number of carbonyl (C=O) groups excluding carboxylic acids is 1. The summed E-state index contributed by atoms with van der Waals surface area (Å²) >= 11 is 1.05. The molecule has 0 amide bonds. The van der Waals surface area contributed by atoms with E-state index in [-0.39, 0.29) is 34.1 Å². The lowest BCUT2D eigenvalue weighted by Crippen LogP contribution is -2.58. The van der Waals surface area contributed by atoms with Crippen LogP contribution in [0.3, 0.4) is 0 Å². The SMILES string of the molecule is COC(=O)c1sccc1S(=O)(=O)NCC(C)(C)N1CC(C)OC(C)C1. The highest BCUT2D eigenvalue weighted by atomic mass is 32.2. The number of hydrogen-bond acceptors (Lipinski definition) is 7. The highest BCUT2D eigenvalue weighted by molar-refractivity contribution is 7.89. The number of methoxy groups -OCH3 is 1. The molecule has 1 aromatic rings. The molecule has 0 radical (unpaired) electrons. The molecule has 0 spiro atoms. The third-order valence-corrected chi connectivity index (χ3v) is 6.73. The second-order valence-corrected chi connectivity index (χ2v) is 9.56. The fourth-order valence-electron chi connectivity index (χ4n) is 2.88. The van der Waals surface area contributed by atoms with Gasteiger partial charge in [-0.25, -0.2) is 17.9 Å². The number of nitrogens with one attached hydrogen (secondary N) is 1. The Bertz CT molecular complexity index is 704. The second kappa shape index (κ2) is 7.71. The molecule has 1 saturated heterocycles. The molecule has 9 heteroatoms. The lowest BCUT2D eigenvalue weighted by Gasteiger charge is -2.45. The van der Waals surface area contributed by atoms with Crippen LogP contribution < -0.4 is 4.72 Å². The van der Waals surface area contributed by atoms with Crippen LogP contribution in [-0.2, 0) is 19.5 Å². The summed E-state index contributed by atoms with van der Waals surface area (Å²) in [6.07, 6.45) is 0.199. The second-order valence-electron chi connectivity index (χ2n) is 6.90. The standard InChI is InChI=1S/C16H26N2O5S2/c1-11-8-18(9-12(2)23-11)16(3,4)10-17-25(20,21)13-6-7-24-14(13)15(19)22-5/h6-7,11-12,17H,8-10H2,1-5H3. The Kier molecular flexibility index (Phi) is 6.26. The number of hydrogen-bond donors (Lipinski definition) is 1.